The second kappa shape index (κ2) is 4.11. The third kappa shape index (κ3) is 1.33. The van der Waals surface area contributed by atoms with Gasteiger partial charge in [-0.15, -0.1) is 0 Å². The van der Waals surface area contributed by atoms with E-state index in [0.29, 0.717) is 12.5 Å². The number of benzene rings is 2. The first kappa shape index (κ1) is 12.2. The van der Waals surface area contributed by atoms with Crippen LogP contribution in [0.15, 0.2) is 48.5 Å². The molecule has 0 saturated carbocycles. The Hall–Kier alpha value is -2.33. The van der Waals surface area contributed by atoms with Crippen LogP contribution in [-0.4, -0.2) is 19.1 Å². The van der Waals surface area contributed by atoms with E-state index in [4.69, 9.17) is 4.74 Å². The van der Waals surface area contributed by atoms with Crippen LogP contribution in [0.1, 0.15) is 17.0 Å². The van der Waals surface area contributed by atoms with Gasteiger partial charge in [-0.2, -0.15) is 0 Å². The molecule has 4 nitrogen and oxygen atoms in total. The fourth-order valence-electron chi connectivity index (χ4n) is 4.34. The van der Waals surface area contributed by atoms with Crippen LogP contribution in [-0.2, 0) is 10.3 Å². The Kier molecular flexibility index (Phi) is 2.29. The number of para-hydroxylation sites is 2. The maximum absolute atomic E-state index is 12.9. The van der Waals surface area contributed by atoms with E-state index in [1.165, 1.54) is 0 Å². The topological polar surface area (TPSA) is 50.4 Å². The lowest BCUT2D eigenvalue weighted by molar-refractivity contribution is -0.122. The van der Waals surface area contributed by atoms with E-state index in [1.54, 1.807) is 0 Å². The average molecular weight is 292 g/mol. The summed E-state index contributed by atoms with van der Waals surface area (Å²) in [6, 6.07) is 16.1. The van der Waals surface area contributed by atoms with Crippen molar-refractivity contribution < 1.29 is 9.53 Å². The predicted octanol–water partition coefficient (Wildman–Crippen LogP) is 2.23. The van der Waals surface area contributed by atoms with E-state index in [9.17, 15) is 4.79 Å². The van der Waals surface area contributed by atoms with Crippen molar-refractivity contribution in [2.75, 3.05) is 18.5 Å². The number of rotatable bonds is 0. The van der Waals surface area contributed by atoms with E-state index >= 15 is 0 Å². The van der Waals surface area contributed by atoms with Gasteiger partial charge in [0, 0.05) is 35.2 Å². The summed E-state index contributed by atoms with van der Waals surface area (Å²) in [5.74, 6) is 1.38. The summed E-state index contributed by atoms with van der Waals surface area (Å²) in [6.45, 7) is 1.45. The molecule has 5 rings (SSSR count). The Bertz CT molecular complexity index is 788. The van der Waals surface area contributed by atoms with Crippen LogP contribution in [0, 0.1) is 5.92 Å². The Balaban J connectivity index is 1.76. The molecule has 1 fully saturated rings. The number of carbonyl (C=O) groups is 1. The average Bonchev–Trinajstić information content (AvgIpc) is 3.09. The molecule has 22 heavy (non-hydrogen) atoms. The number of anilines is 1. The zero-order valence-electron chi connectivity index (χ0n) is 12.0. The SMILES string of the molecule is O=C1Nc2ccccc2C12NCC1COc3ccccc3C12. The summed E-state index contributed by atoms with van der Waals surface area (Å²) < 4.78 is 5.89. The molecule has 3 atom stereocenters. The van der Waals surface area contributed by atoms with Gasteiger partial charge in [-0.1, -0.05) is 36.4 Å². The standard InChI is InChI=1S/C18H16N2O2/c21-17-18(13-6-2-3-7-14(13)20-17)16-11(9-19-18)10-22-15-8-4-1-5-12(15)16/h1-8,11,16,19H,9-10H2,(H,20,21). The van der Waals surface area contributed by atoms with E-state index < -0.39 is 5.54 Å². The van der Waals surface area contributed by atoms with Crippen molar-refractivity contribution in [3.05, 3.63) is 59.7 Å². The highest BCUT2D eigenvalue weighted by Crippen LogP contribution is 2.55. The van der Waals surface area contributed by atoms with Crippen molar-refractivity contribution in [1.82, 2.24) is 5.32 Å². The monoisotopic (exact) mass is 292 g/mol. The van der Waals surface area contributed by atoms with Gasteiger partial charge in [-0.25, -0.2) is 0 Å². The molecule has 1 saturated heterocycles. The minimum atomic E-state index is -0.666. The molecule has 2 aromatic rings. The van der Waals surface area contributed by atoms with E-state index in [1.807, 2.05) is 36.4 Å². The third-order valence-electron chi connectivity index (χ3n) is 5.25. The summed E-state index contributed by atoms with van der Waals surface area (Å²) in [4.78, 5) is 12.9. The minimum absolute atomic E-state index is 0.0536. The highest BCUT2D eigenvalue weighted by molar-refractivity contribution is 6.07. The van der Waals surface area contributed by atoms with Crippen molar-refractivity contribution in [2.24, 2.45) is 5.92 Å². The number of ether oxygens (including phenoxy) is 1. The molecule has 3 aliphatic rings. The largest absolute Gasteiger partial charge is 0.493 e. The number of carbonyl (C=O) groups excluding carboxylic acids is 1. The summed E-state index contributed by atoms with van der Waals surface area (Å²) in [5, 5.41) is 6.58. The number of hydrogen-bond acceptors (Lipinski definition) is 3. The van der Waals surface area contributed by atoms with Gasteiger partial charge in [0.25, 0.3) is 0 Å². The summed E-state index contributed by atoms with van der Waals surface area (Å²) in [5.41, 5.74) is 2.45. The first-order valence-corrected chi connectivity index (χ1v) is 7.68. The second-order valence-electron chi connectivity index (χ2n) is 6.28. The van der Waals surface area contributed by atoms with Gasteiger partial charge in [-0.3, -0.25) is 10.1 Å². The van der Waals surface area contributed by atoms with Crippen molar-refractivity contribution in [1.29, 1.82) is 0 Å². The summed E-state index contributed by atoms with van der Waals surface area (Å²) in [6.07, 6.45) is 0. The van der Waals surface area contributed by atoms with Crippen LogP contribution in [0.25, 0.3) is 0 Å². The number of nitrogens with one attached hydrogen (secondary N) is 2. The molecule has 1 spiro atoms. The molecule has 110 valence electrons. The van der Waals surface area contributed by atoms with Crippen molar-refractivity contribution >= 4 is 11.6 Å². The van der Waals surface area contributed by atoms with Crippen molar-refractivity contribution in [2.45, 2.75) is 11.5 Å². The second-order valence-corrected chi connectivity index (χ2v) is 6.28. The van der Waals surface area contributed by atoms with E-state index in [0.717, 1.165) is 29.1 Å². The van der Waals surface area contributed by atoms with E-state index in [-0.39, 0.29) is 11.8 Å². The van der Waals surface area contributed by atoms with Crippen molar-refractivity contribution in [3.8, 4) is 5.75 Å². The predicted molar refractivity (Wildman–Crippen MR) is 82.9 cm³/mol. The van der Waals surface area contributed by atoms with Crippen LogP contribution in [0.2, 0.25) is 0 Å². The minimum Gasteiger partial charge on any atom is -0.493 e. The highest BCUT2D eigenvalue weighted by Gasteiger charge is 2.60. The molecule has 0 aliphatic carbocycles. The molecular weight excluding hydrogens is 276 g/mol. The molecule has 3 aliphatic heterocycles. The number of fused-ring (bicyclic) bond motifs is 6. The third-order valence-corrected chi connectivity index (χ3v) is 5.25. The van der Waals surface area contributed by atoms with Gasteiger partial charge >= 0.3 is 0 Å². The Morgan fingerprint density at radius 1 is 1.09 bits per heavy atom. The van der Waals surface area contributed by atoms with Crippen LogP contribution < -0.4 is 15.4 Å². The lowest BCUT2D eigenvalue weighted by Gasteiger charge is -2.36. The molecular formula is C18H16N2O2. The summed E-state index contributed by atoms with van der Waals surface area (Å²) >= 11 is 0. The maximum Gasteiger partial charge on any atom is 0.250 e. The van der Waals surface area contributed by atoms with Crippen LogP contribution in [0.5, 0.6) is 5.75 Å². The van der Waals surface area contributed by atoms with Gasteiger partial charge in [0.15, 0.2) is 0 Å². The highest BCUT2D eigenvalue weighted by atomic mass is 16.5. The molecule has 0 radical (unpaired) electrons. The normalized spacial score (nSPS) is 31.2. The molecule has 2 aromatic carbocycles. The van der Waals surface area contributed by atoms with Gasteiger partial charge in [0.1, 0.15) is 11.3 Å². The molecule has 2 N–H and O–H groups in total. The summed E-state index contributed by atoms with van der Waals surface area (Å²) in [7, 11) is 0. The van der Waals surface area contributed by atoms with Gasteiger partial charge in [0.2, 0.25) is 5.91 Å². The molecule has 3 heterocycles. The van der Waals surface area contributed by atoms with Gasteiger partial charge < -0.3 is 10.1 Å². The molecule has 4 heteroatoms. The van der Waals surface area contributed by atoms with Gasteiger partial charge in [-0.05, 0) is 12.1 Å². The smallest absolute Gasteiger partial charge is 0.250 e. The van der Waals surface area contributed by atoms with Crippen LogP contribution >= 0.6 is 0 Å². The zero-order valence-corrected chi connectivity index (χ0v) is 12.0. The Morgan fingerprint density at radius 2 is 1.91 bits per heavy atom. The van der Waals surface area contributed by atoms with Crippen LogP contribution in [0.3, 0.4) is 0 Å². The molecule has 0 bridgehead atoms. The van der Waals surface area contributed by atoms with Gasteiger partial charge in [0.05, 0.1) is 6.61 Å². The Labute approximate surface area is 128 Å². The van der Waals surface area contributed by atoms with Crippen LogP contribution in [0.4, 0.5) is 5.69 Å². The number of hydrogen-bond donors (Lipinski definition) is 2. The fraction of sp³-hybridized carbons (Fsp3) is 0.278. The Morgan fingerprint density at radius 3 is 2.86 bits per heavy atom. The lowest BCUT2D eigenvalue weighted by Crippen LogP contribution is -2.47. The number of amides is 1. The van der Waals surface area contributed by atoms with E-state index in [2.05, 4.69) is 22.8 Å². The fourth-order valence-corrected chi connectivity index (χ4v) is 4.34. The molecule has 1 amide bonds. The first-order chi connectivity index (χ1) is 10.8. The first-order valence-electron chi connectivity index (χ1n) is 7.68. The molecule has 3 unspecified atom stereocenters. The quantitative estimate of drug-likeness (QED) is 0.783. The zero-order chi connectivity index (χ0) is 14.7. The van der Waals surface area contributed by atoms with Crippen molar-refractivity contribution in [3.63, 3.8) is 0 Å². The maximum atomic E-state index is 12.9. The lowest BCUT2D eigenvalue weighted by atomic mass is 9.71. The molecule has 0 aromatic heterocycles.